The molecule has 3 heterocycles. The van der Waals surface area contributed by atoms with Crippen LogP contribution in [0.4, 0.5) is 5.82 Å². The number of aryl methyl sites for hydroxylation is 3. The highest BCUT2D eigenvalue weighted by Gasteiger charge is 2.14. The van der Waals surface area contributed by atoms with Gasteiger partial charge < -0.3 is 10.1 Å². The summed E-state index contributed by atoms with van der Waals surface area (Å²) in [5, 5.41) is 8.72. The Bertz CT molecular complexity index is 814. The molecule has 3 rings (SSSR count). The van der Waals surface area contributed by atoms with Crippen molar-refractivity contribution in [2.75, 3.05) is 11.9 Å². The van der Waals surface area contributed by atoms with Crippen molar-refractivity contribution in [1.29, 1.82) is 0 Å². The zero-order valence-corrected chi connectivity index (χ0v) is 13.7. The first-order valence-electron chi connectivity index (χ1n) is 7.53. The van der Waals surface area contributed by atoms with Crippen molar-refractivity contribution < 1.29 is 4.74 Å². The van der Waals surface area contributed by atoms with Crippen LogP contribution in [-0.4, -0.2) is 37.4 Å². The number of ether oxygens (including phenoxy) is 1. The number of rotatable bonds is 5. The fraction of sp³-hybridized carbons (Fsp3) is 0.375. The number of nitrogens with one attached hydrogen (secondary N) is 1. The highest BCUT2D eigenvalue weighted by molar-refractivity contribution is 5.89. The molecule has 0 saturated heterocycles. The van der Waals surface area contributed by atoms with Gasteiger partial charge in [0.1, 0.15) is 23.5 Å². The average Bonchev–Trinajstić information content (AvgIpc) is 2.80. The molecule has 0 aliphatic heterocycles. The Labute approximate surface area is 134 Å². The van der Waals surface area contributed by atoms with Crippen molar-refractivity contribution in [2.45, 2.75) is 26.9 Å². The van der Waals surface area contributed by atoms with Gasteiger partial charge in [0.05, 0.1) is 23.8 Å². The van der Waals surface area contributed by atoms with Crippen molar-refractivity contribution in [2.24, 2.45) is 7.05 Å². The van der Waals surface area contributed by atoms with Crippen LogP contribution in [0.5, 0.6) is 5.75 Å². The number of fused-ring (bicyclic) bond motifs is 1. The van der Waals surface area contributed by atoms with E-state index < -0.39 is 0 Å². The molecule has 3 aromatic rings. The van der Waals surface area contributed by atoms with Gasteiger partial charge in [-0.2, -0.15) is 5.10 Å². The summed E-state index contributed by atoms with van der Waals surface area (Å²) in [7, 11) is 1.89. The van der Waals surface area contributed by atoms with Gasteiger partial charge in [0.25, 0.3) is 0 Å². The molecule has 0 radical (unpaired) electrons. The van der Waals surface area contributed by atoms with Gasteiger partial charge in [0.15, 0.2) is 5.65 Å². The zero-order valence-electron chi connectivity index (χ0n) is 13.7. The van der Waals surface area contributed by atoms with Crippen molar-refractivity contribution in [3.05, 3.63) is 36.0 Å². The van der Waals surface area contributed by atoms with E-state index in [9.17, 15) is 0 Å². The number of hydrogen-bond acceptors (Lipinski definition) is 6. The third-order valence-electron chi connectivity index (χ3n) is 3.50. The summed E-state index contributed by atoms with van der Waals surface area (Å²) in [4.78, 5) is 13.0. The van der Waals surface area contributed by atoms with Crippen molar-refractivity contribution >= 4 is 16.9 Å². The molecule has 0 bridgehead atoms. The Kier molecular flexibility index (Phi) is 4.10. The maximum absolute atomic E-state index is 5.82. The minimum atomic E-state index is -0.0264. The topological polar surface area (TPSA) is 77.8 Å². The standard InChI is InChI=1S/C16H20N6O/c1-10(23-13-6-5-7-17-9-13)8-18-15-14-11(2)21-22(4)16(14)20-12(3)19-15/h5-7,9-10H,8H2,1-4H3,(H,18,19,20). The molecule has 0 fully saturated rings. The minimum absolute atomic E-state index is 0.0264. The number of pyridine rings is 1. The maximum atomic E-state index is 5.82. The van der Waals surface area contributed by atoms with Gasteiger partial charge in [0, 0.05) is 13.2 Å². The molecular weight excluding hydrogens is 292 g/mol. The van der Waals surface area contributed by atoms with Crippen LogP contribution in [-0.2, 0) is 7.05 Å². The van der Waals surface area contributed by atoms with E-state index in [1.54, 1.807) is 17.1 Å². The molecule has 0 aliphatic carbocycles. The SMILES string of the molecule is Cc1nc(NCC(C)Oc2cccnc2)c2c(C)nn(C)c2n1. The molecular formula is C16H20N6O. The quantitative estimate of drug-likeness (QED) is 0.778. The van der Waals surface area contributed by atoms with Gasteiger partial charge in [-0.25, -0.2) is 9.97 Å². The Morgan fingerprint density at radius 2 is 2.13 bits per heavy atom. The van der Waals surface area contributed by atoms with Crippen molar-refractivity contribution in [3.63, 3.8) is 0 Å². The predicted molar refractivity (Wildman–Crippen MR) is 88.6 cm³/mol. The molecule has 7 nitrogen and oxygen atoms in total. The monoisotopic (exact) mass is 312 g/mol. The molecule has 3 aromatic heterocycles. The lowest BCUT2D eigenvalue weighted by molar-refractivity contribution is 0.234. The highest BCUT2D eigenvalue weighted by atomic mass is 16.5. The van der Waals surface area contributed by atoms with E-state index in [-0.39, 0.29) is 6.10 Å². The van der Waals surface area contributed by atoms with Crippen molar-refractivity contribution in [1.82, 2.24) is 24.7 Å². The molecule has 0 amide bonds. The summed E-state index contributed by atoms with van der Waals surface area (Å²) in [6.45, 7) is 6.46. The van der Waals surface area contributed by atoms with Crippen LogP contribution >= 0.6 is 0 Å². The van der Waals surface area contributed by atoms with E-state index >= 15 is 0 Å². The lowest BCUT2D eigenvalue weighted by atomic mass is 10.3. The van der Waals surface area contributed by atoms with Crippen LogP contribution in [0.1, 0.15) is 18.4 Å². The van der Waals surface area contributed by atoms with Crippen LogP contribution in [0, 0.1) is 13.8 Å². The summed E-state index contributed by atoms with van der Waals surface area (Å²) < 4.78 is 7.60. The van der Waals surface area contributed by atoms with E-state index in [0.29, 0.717) is 12.4 Å². The second-order valence-corrected chi connectivity index (χ2v) is 5.53. The van der Waals surface area contributed by atoms with Gasteiger partial charge >= 0.3 is 0 Å². The van der Waals surface area contributed by atoms with E-state index in [0.717, 1.165) is 28.3 Å². The third kappa shape index (κ3) is 3.23. The smallest absolute Gasteiger partial charge is 0.163 e. The summed E-state index contributed by atoms with van der Waals surface area (Å²) in [5.74, 6) is 2.26. The Morgan fingerprint density at radius 1 is 1.30 bits per heavy atom. The first-order valence-corrected chi connectivity index (χ1v) is 7.53. The normalized spacial score (nSPS) is 12.3. The van der Waals surface area contributed by atoms with Crippen molar-refractivity contribution in [3.8, 4) is 5.75 Å². The van der Waals surface area contributed by atoms with Crippen LogP contribution < -0.4 is 10.1 Å². The van der Waals surface area contributed by atoms with E-state index in [1.807, 2.05) is 40.0 Å². The van der Waals surface area contributed by atoms with Gasteiger partial charge in [-0.05, 0) is 32.9 Å². The summed E-state index contributed by atoms with van der Waals surface area (Å²) >= 11 is 0. The molecule has 23 heavy (non-hydrogen) atoms. The third-order valence-corrected chi connectivity index (χ3v) is 3.50. The average molecular weight is 312 g/mol. The number of nitrogens with zero attached hydrogens (tertiary/aromatic N) is 5. The first kappa shape index (κ1) is 15.2. The van der Waals surface area contributed by atoms with E-state index in [4.69, 9.17) is 4.74 Å². The van der Waals surface area contributed by atoms with E-state index in [1.165, 1.54) is 0 Å². The summed E-state index contributed by atoms with van der Waals surface area (Å²) in [6, 6.07) is 3.74. The lowest BCUT2D eigenvalue weighted by Gasteiger charge is -2.16. The Hall–Kier alpha value is -2.70. The number of hydrogen-bond donors (Lipinski definition) is 1. The molecule has 120 valence electrons. The predicted octanol–water partition coefficient (Wildman–Crippen LogP) is 2.25. The highest BCUT2D eigenvalue weighted by Crippen LogP contribution is 2.23. The molecule has 0 saturated carbocycles. The van der Waals surface area contributed by atoms with Crippen LogP contribution in [0.15, 0.2) is 24.5 Å². The first-order chi connectivity index (χ1) is 11.0. The second-order valence-electron chi connectivity index (χ2n) is 5.53. The molecule has 0 aromatic carbocycles. The van der Waals surface area contributed by atoms with Gasteiger partial charge in [0.2, 0.25) is 0 Å². The minimum Gasteiger partial charge on any atom is -0.487 e. The van der Waals surface area contributed by atoms with Gasteiger partial charge in [-0.15, -0.1) is 0 Å². The number of aromatic nitrogens is 5. The second kappa shape index (κ2) is 6.20. The van der Waals surface area contributed by atoms with Crippen LogP contribution in [0.3, 0.4) is 0 Å². The maximum Gasteiger partial charge on any atom is 0.163 e. The fourth-order valence-corrected chi connectivity index (χ4v) is 2.51. The molecule has 7 heteroatoms. The lowest BCUT2D eigenvalue weighted by Crippen LogP contribution is -2.23. The zero-order chi connectivity index (χ0) is 16.4. The van der Waals surface area contributed by atoms with Gasteiger partial charge in [-0.1, -0.05) is 0 Å². The Balaban J connectivity index is 1.76. The molecule has 1 unspecified atom stereocenters. The molecule has 0 spiro atoms. The number of anilines is 1. The molecule has 1 N–H and O–H groups in total. The fourth-order valence-electron chi connectivity index (χ4n) is 2.51. The van der Waals surface area contributed by atoms with E-state index in [2.05, 4.69) is 25.4 Å². The Morgan fingerprint density at radius 3 is 2.87 bits per heavy atom. The van der Waals surface area contributed by atoms with Crippen LogP contribution in [0.25, 0.3) is 11.0 Å². The molecule has 0 aliphatic rings. The summed E-state index contributed by atoms with van der Waals surface area (Å²) in [6.07, 6.45) is 3.40. The van der Waals surface area contributed by atoms with Gasteiger partial charge in [-0.3, -0.25) is 9.67 Å². The molecule has 1 atom stereocenters. The van der Waals surface area contributed by atoms with Crippen LogP contribution in [0.2, 0.25) is 0 Å². The summed E-state index contributed by atoms with van der Waals surface area (Å²) in [5.41, 5.74) is 1.74. The largest absolute Gasteiger partial charge is 0.487 e.